The summed E-state index contributed by atoms with van der Waals surface area (Å²) in [6.45, 7) is 2.97. The summed E-state index contributed by atoms with van der Waals surface area (Å²) in [5, 5.41) is 3.44. The van der Waals surface area contributed by atoms with E-state index in [-0.39, 0.29) is 12.4 Å². The molecule has 1 aromatic rings. The summed E-state index contributed by atoms with van der Waals surface area (Å²) >= 11 is 5.25. The molecule has 2 nitrogen and oxygen atoms in total. The number of nitrogens with one attached hydrogen (secondary N) is 1. The molecule has 0 saturated carbocycles. The largest absolute Gasteiger partial charge is 0.385 e. The summed E-state index contributed by atoms with van der Waals surface area (Å²) < 4.78 is 6.20. The number of thiophene rings is 1. The Labute approximate surface area is 116 Å². The Balaban J connectivity index is 0.00000225. The van der Waals surface area contributed by atoms with E-state index >= 15 is 0 Å². The zero-order chi connectivity index (χ0) is 10.9. The second-order valence-electron chi connectivity index (χ2n) is 3.44. The van der Waals surface area contributed by atoms with E-state index in [1.807, 2.05) is 0 Å². The van der Waals surface area contributed by atoms with Crippen LogP contribution in [-0.2, 0) is 11.3 Å². The Morgan fingerprint density at radius 2 is 2.12 bits per heavy atom. The molecule has 5 heteroatoms. The summed E-state index contributed by atoms with van der Waals surface area (Å²) in [5.41, 5.74) is 0. The predicted octanol–water partition coefficient (Wildman–Crippen LogP) is 3.84. The average molecular weight is 329 g/mol. The molecule has 1 aromatic heterocycles. The van der Waals surface area contributed by atoms with E-state index in [1.165, 1.54) is 27.9 Å². The fourth-order valence-electron chi connectivity index (χ4n) is 1.33. The molecule has 0 fully saturated rings. The van der Waals surface area contributed by atoms with Gasteiger partial charge in [-0.05, 0) is 53.9 Å². The van der Waals surface area contributed by atoms with Crippen LogP contribution in [0.2, 0.25) is 0 Å². The first-order valence-electron chi connectivity index (χ1n) is 5.27. The second-order valence-corrected chi connectivity index (χ2v) is 5.98. The van der Waals surface area contributed by atoms with Gasteiger partial charge in [-0.15, -0.1) is 23.7 Å². The molecular formula is C11H19BrClNOS. The van der Waals surface area contributed by atoms with Crippen molar-refractivity contribution in [2.24, 2.45) is 0 Å². The minimum atomic E-state index is 0. The number of hydrogen-bond donors (Lipinski definition) is 1. The molecule has 0 aliphatic heterocycles. The SMILES string of the molecule is COCCCCCNCc1ccc(Br)s1.Cl. The minimum Gasteiger partial charge on any atom is -0.385 e. The molecule has 0 unspecified atom stereocenters. The maximum absolute atomic E-state index is 5.00. The van der Waals surface area contributed by atoms with Gasteiger partial charge in [0.1, 0.15) is 0 Å². The summed E-state index contributed by atoms with van der Waals surface area (Å²) in [5.74, 6) is 0. The third-order valence-corrected chi connectivity index (χ3v) is 3.75. The Morgan fingerprint density at radius 1 is 1.31 bits per heavy atom. The van der Waals surface area contributed by atoms with Gasteiger partial charge in [0.05, 0.1) is 3.79 Å². The van der Waals surface area contributed by atoms with Crippen LogP contribution in [0.4, 0.5) is 0 Å². The Hall–Kier alpha value is 0.390. The van der Waals surface area contributed by atoms with E-state index in [0.717, 1.165) is 19.7 Å². The number of ether oxygens (including phenoxy) is 1. The summed E-state index contributed by atoms with van der Waals surface area (Å²) in [6, 6.07) is 4.26. The maximum Gasteiger partial charge on any atom is 0.0701 e. The summed E-state index contributed by atoms with van der Waals surface area (Å²) in [7, 11) is 1.76. The van der Waals surface area contributed by atoms with Crippen molar-refractivity contribution in [2.45, 2.75) is 25.8 Å². The number of hydrogen-bond acceptors (Lipinski definition) is 3. The zero-order valence-electron chi connectivity index (χ0n) is 9.50. The third-order valence-electron chi connectivity index (χ3n) is 2.13. The third kappa shape index (κ3) is 7.63. The van der Waals surface area contributed by atoms with Crippen molar-refractivity contribution in [3.8, 4) is 0 Å². The summed E-state index contributed by atoms with van der Waals surface area (Å²) in [4.78, 5) is 1.39. The highest BCUT2D eigenvalue weighted by atomic mass is 79.9. The molecule has 1 rings (SSSR count). The molecule has 0 aliphatic carbocycles. The average Bonchev–Trinajstić information content (AvgIpc) is 2.63. The molecule has 0 aliphatic rings. The van der Waals surface area contributed by atoms with Crippen molar-refractivity contribution in [1.29, 1.82) is 0 Å². The highest BCUT2D eigenvalue weighted by Gasteiger charge is 1.96. The molecule has 0 bridgehead atoms. The Bertz CT molecular complexity index is 270. The molecule has 0 aromatic carbocycles. The van der Waals surface area contributed by atoms with Gasteiger partial charge in [-0.3, -0.25) is 0 Å². The molecule has 16 heavy (non-hydrogen) atoms. The number of halogens is 2. The van der Waals surface area contributed by atoms with Crippen molar-refractivity contribution >= 4 is 39.7 Å². The normalized spacial score (nSPS) is 10.1. The highest BCUT2D eigenvalue weighted by Crippen LogP contribution is 2.21. The number of methoxy groups -OCH3 is 1. The van der Waals surface area contributed by atoms with Crippen LogP contribution >= 0.6 is 39.7 Å². The standard InChI is InChI=1S/C11H18BrNOS.ClH/c1-14-8-4-2-3-7-13-9-10-5-6-11(12)15-10;/h5-6,13H,2-4,7-9H2,1H3;1H. The van der Waals surface area contributed by atoms with Gasteiger partial charge >= 0.3 is 0 Å². The van der Waals surface area contributed by atoms with Crippen LogP contribution in [0, 0.1) is 0 Å². The van der Waals surface area contributed by atoms with Crippen molar-refractivity contribution in [3.63, 3.8) is 0 Å². The fraction of sp³-hybridized carbons (Fsp3) is 0.636. The number of rotatable bonds is 8. The lowest BCUT2D eigenvalue weighted by Crippen LogP contribution is -2.13. The first-order chi connectivity index (χ1) is 7.33. The van der Waals surface area contributed by atoms with Gasteiger partial charge in [0.25, 0.3) is 0 Å². The molecule has 1 N–H and O–H groups in total. The molecule has 0 saturated heterocycles. The first kappa shape index (κ1) is 16.4. The second kappa shape index (κ2) is 10.5. The van der Waals surface area contributed by atoms with Gasteiger partial charge in [-0.1, -0.05) is 0 Å². The Morgan fingerprint density at radius 3 is 2.75 bits per heavy atom. The van der Waals surface area contributed by atoms with Gasteiger partial charge in [0.2, 0.25) is 0 Å². The number of unbranched alkanes of at least 4 members (excludes halogenated alkanes) is 2. The van der Waals surface area contributed by atoms with E-state index in [0.29, 0.717) is 0 Å². The topological polar surface area (TPSA) is 21.3 Å². The van der Waals surface area contributed by atoms with Crippen molar-refractivity contribution in [2.75, 3.05) is 20.3 Å². The van der Waals surface area contributed by atoms with E-state index < -0.39 is 0 Å². The van der Waals surface area contributed by atoms with E-state index in [1.54, 1.807) is 18.4 Å². The van der Waals surface area contributed by atoms with Crippen LogP contribution in [0.15, 0.2) is 15.9 Å². The van der Waals surface area contributed by atoms with Crippen LogP contribution in [-0.4, -0.2) is 20.3 Å². The molecule has 1 heterocycles. The molecular weight excluding hydrogens is 310 g/mol. The predicted molar refractivity (Wildman–Crippen MR) is 76.7 cm³/mol. The van der Waals surface area contributed by atoms with Crippen LogP contribution in [0.1, 0.15) is 24.1 Å². The quantitative estimate of drug-likeness (QED) is 0.732. The van der Waals surface area contributed by atoms with Gasteiger partial charge < -0.3 is 10.1 Å². The van der Waals surface area contributed by atoms with Crippen LogP contribution in [0.5, 0.6) is 0 Å². The molecule has 0 spiro atoms. The van der Waals surface area contributed by atoms with Crippen molar-refractivity contribution < 1.29 is 4.74 Å². The van der Waals surface area contributed by atoms with Crippen molar-refractivity contribution in [1.82, 2.24) is 5.32 Å². The van der Waals surface area contributed by atoms with Gasteiger partial charge in [0.15, 0.2) is 0 Å². The van der Waals surface area contributed by atoms with E-state index in [9.17, 15) is 0 Å². The van der Waals surface area contributed by atoms with Crippen molar-refractivity contribution in [3.05, 3.63) is 20.8 Å². The van der Waals surface area contributed by atoms with Gasteiger partial charge in [-0.2, -0.15) is 0 Å². The first-order valence-corrected chi connectivity index (χ1v) is 6.87. The molecule has 94 valence electrons. The smallest absolute Gasteiger partial charge is 0.0701 e. The summed E-state index contributed by atoms with van der Waals surface area (Å²) in [6.07, 6.45) is 3.65. The lowest BCUT2D eigenvalue weighted by Gasteiger charge is -2.02. The zero-order valence-corrected chi connectivity index (χ0v) is 12.7. The van der Waals surface area contributed by atoms with Gasteiger partial charge in [0, 0.05) is 25.1 Å². The minimum absolute atomic E-state index is 0. The monoisotopic (exact) mass is 327 g/mol. The lowest BCUT2D eigenvalue weighted by molar-refractivity contribution is 0.192. The van der Waals surface area contributed by atoms with E-state index in [2.05, 4.69) is 33.4 Å². The highest BCUT2D eigenvalue weighted by molar-refractivity contribution is 9.11. The maximum atomic E-state index is 5.00. The van der Waals surface area contributed by atoms with Crippen LogP contribution in [0.25, 0.3) is 0 Å². The molecule has 0 radical (unpaired) electrons. The van der Waals surface area contributed by atoms with E-state index in [4.69, 9.17) is 4.74 Å². The fourth-order valence-corrected chi connectivity index (χ4v) is 2.78. The van der Waals surface area contributed by atoms with Crippen LogP contribution in [0.3, 0.4) is 0 Å². The molecule has 0 atom stereocenters. The molecule has 0 amide bonds. The Kier molecular flexibility index (Phi) is 10.8. The lowest BCUT2D eigenvalue weighted by atomic mass is 10.2. The van der Waals surface area contributed by atoms with Crippen LogP contribution < -0.4 is 5.32 Å². The van der Waals surface area contributed by atoms with Gasteiger partial charge in [-0.25, -0.2) is 0 Å².